The van der Waals surface area contributed by atoms with E-state index in [1.54, 1.807) is 7.11 Å². The van der Waals surface area contributed by atoms with E-state index in [2.05, 4.69) is 11.9 Å². The Labute approximate surface area is 105 Å². The molecule has 1 N–H and O–H groups in total. The molecular weight excluding hydrogens is 214 g/mol. The quantitative estimate of drug-likeness (QED) is 0.817. The zero-order chi connectivity index (χ0) is 12.3. The molecule has 0 heterocycles. The van der Waals surface area contributed by atoms with Gasteiger partial charge in [0.2, 0.25) is 0 Å². The van der Waals surface area contributed by atoms with Crippen LogP contribution in [0.5, 0.6) is 0 Å². The topological polar surface area (TPSA) is 32.7 Å². The molecule has 17 heavy (non-hydrogen) atoms. The molecule has 100 valence electrons. The van der Waals surface area contributed by atoms with E-state index in [9.17, 15) is 5.11 Å². The average molecular weight is 241 g/mol. The van der Waals surface area contributed by atoms with Crippen molar-refractivity contribution in [2.75, 3.05) is 27.3 Å². The number of methoxy groups -OCH3 is 1. The molecule has 2 fully saturated rings. The maximum absolute atomic E-state index is 9.94. The summed E-state index contributed by atoms with van der Waals surface area (Å²) in [7, 11) is 3.96. The molecule has 0 amide bonds. The van der Waals surface area contributed by atoms with Crippen molar-refractivity contribution in [1.82, 2.24) is 4.90 Å². The van der Waals surface area contributed by atoms with E-state index in [-0.39, 0.29) is 6.10 Å². The van der Waals surface area contributed by atoms with Crippen LogP contribution in [0.1, 0.15) is 44.9 Å². The molecule has 0 aromatic carbocycles. The summed E-state index contributed by atoms with van der Waals surface area (Å²) in [5.74, 6) is 0. The first-order valence-electron chi connectivity index (χ1n) is 7.05. The molecule has 0 saturated heterocycles. The standard InChI is InChI=1S/C14H27NO2/c1-15(9-10-17-2)13-11-12(16)5-8-14(13)6-3-4-7-14/h12-13,16H,3-11H2,1-2H3. The molecule has 3 heteroatoms. The summed E-state index contributed by atoms with van der Waals surface area (Å²) in [5, 5.41) is 9.94. The fourth-order valence-corrected chi connectivity index (χ4v) is 3.95. The van der Waals surface area contributed by atoms with Crippen LogP contribution < -0.4 is 0 Å². The molecule has 3 nitrogen and oxygen atoms in total. The number of likely N-dealkylation sites (N-methyl/N-ethyl adjacent to an activating group) is 1. The molecule has 0 radical (unpaired) electrons. The summed E-state index contributed by atoms with van der Waals surface area (Å²) in [6, 6.07) is 0.559. The fraction of sp³-hybridized carbons (Fsp3) is 1.00. The number of aliphatic hydroxyl groups excluding tert-OH is 1. The molecule has 2 aliphatic rings. The molecule has 2 unspecified atom stereocenters. The lowest BCUT2D eigenvalue weighted by atomic mass is 9.67. The first kappa shape index (κ1) is 13.3. The third-order valence-corrected chi connectivity index (χ3v) is 4.96. The van der Waals surface area contributed by atoms with Crippen molar-refractivity contribution in [3.05, 3.63) is 0 Å². The minimum atomic E-state index is -0.0868. The van der Waals surface area contributed by atoms with Gasteiger partial charge in [0.1, 0.15) is 0 Å². The number of aliphatic hydroxyl groups is 1. The van der Waals surface area contributed by atoms with Crippen molar-refractivity contribution in [1.29, 1.82) is 0 Å². The van der Waals surface area contributed by atoms with Gasteiger partial charge in [0.15, 0.2) is 0 Å². The van der Waals surface area contributed by atoms with Gasteiger partial charge in [-0.3, -0.25) is 0 Å². The highest BCUT2D eigenvalue weighted by molar-refractivity contribution is 4.99. The van der Waals surface area contributed by atoms with Crippen molar-refractivity contribution in [2.45, 2.75) is 57.1 Å². The summed E-state index contributed by atoms with van der Waals surface area (Å²) in [6.07, 6.45) is 8.58. The Morgan fingerprint density at radius 2 is 2.00 bits per heavy atom. The second-order valence-corrected chi connectivity index (χ2v) is 5.99. The Morgan fingerprint density at radius 3 is 2.65 bits per heavy atom. The molecule has 0 aromatic heterocycles. The Bertz CT molecular complexity index is 238. The van der Waals surface area contributed by atoms with Crippen LogP contribution in [0.3, 0.4) is 0 Å². The molecule has 2 aliphatic carbocycles. The average Bonchev–Trinajstić information content (AvgIpc) is 2.79. The maximum atomic E-state index is 9.94. The van der Waals surface area contributed by atoms with Crippen LogP contribution in [0.15, 0.2) is 0 Å². The smallest absolute Gasteiger partial charge is 0.0589 e. The Kier molecular flexibility index (Phi) is 4.45. The van der Waals surface area contributed by atoms with Gasteiger partial charge >= 0.3 is 0 Å². The van der Waals surface area contributed by atoms with Gasteiger partial charge in [-0.1, -0.05) is 12.8 Å². The molecule has 0 aliphatic heterocycles. The largest absolute Gasteiger partial charge is 0.393 e. The van der Waals surface area contributed by atoms with Crippen LogP contribution >= 0.6 is 0 Å². The number of nitrogens with zero attached hydrogens (tertiary/aromatic N) is 1. The van der Waals surface area contributed by atoms with Crippen LogP contribution in [0.4, 0.5) is 0 Å². The summed E-state index contributed by atoms with van der Waals surface area (Å²) in [6.45, 7) is 1.77. The summed E-state index contributed by atoms with van der Waals surface area (Å²) in [5.41, 5.74) is 0.502. The first-order valence-corrected chi connectivity index (χ1v) is 7.05. The van der Waals surface area contributed by atoms with Gasteiger partial charge in [-0.25, -0.2) is 0 Å². The monoisotopic (exact) mass is 241 g/mol. The highest BCUT2D eigenvalue weighted by Gasteiger charge is 2.46. The Balaban J connectivity index is 2.03. The van der Waals surface area contributed by atoms with Crippen molar-refractivity contribution in [3.8, 4) is 0 Å². The number of rotatable bonds is 4. The van der Waals surface area contributed by atoms with Crippen molar-refractivity contribution in [2.24, 2.45) is 5.41 Å². The van der Waals surface area contributed by atoms with Crippen LogP contribution in [0.2, 0.25) is 0 Å². The van der Waals surface area contributed by atoms with Gasteiger partial charge in [0.05, 0.1) is 12.7 Å². The van der Waals surface area contributed by atoms with E-state index >= 15 is 0 Å². The van der Waals surface area contributed by atoms with Gasteiger partial charge in [0.25, 0.3) is 0 Å². The zero-order valence-electron chi connectivity index (χ0n) is 11.3. The van der Waals surface area contributed by atoms with Crippen LogP contribution in [-0.2, 0) is 4.74 Å². The van der Waals surface area contributed by atoms with E-state index in [1.807, 2.05) is 0 Å². The summed E-state index contributed by atoms with van der Waals surface area (Å²) < 4.78 is 5.18. The van der Waals surface area contributed by atoms with E-state index in [0.717, 1.165) is 26.0 Å². The van der Waals surface area contributed by atoms with E-state index < -0.39 is 0 Å². The van der Waals surface area contributed by atoms with Crippen molar-refractivity contribution in [3.63, 3.8) is 0 Å². The third kappa shape index (κ3) is 2.83. The molecular formula is C14H27NO2. The first-order chi connectivity index (χ1) is 8.18. The molecule has 2 saturated carbocycles. The van der Waals surface area contributed by atoms with Crippen molar-refractivity contribution >= 4 is 0 Å². The van der Waals surface area contributed by atoms with E-state index in [4.69, 9.17) is 4.74 Å². The van der Waals surface area contributed by atoms with E-state index in [0.29, 0.717) is 11.5 Å². The van der Waals surface area contributed by atoms with Gasteiger partial charge in [-0.15, -0.1) is 0 Å². The Hall–Kier alpha value is -0.120. The van der Waals surface area contributed by atoms with Crippen LogP contribution in [0.25, 0.3) is 0 Å². The highest BCUT2D eigenvalue weighted by Crippen LogP contribution is 2.50. The fourth-order valence-electron chi connectivity index (χ4n) is 3.95. The Morgan fingerprint density at radius 1 is 1.29 bits per heavy atom. The number of ether oxygens (including phenoxy) is 1. The second kappa shape index (κ2) is 5.68. The van der Waals surface area contributed by atoms with Gasteiger partial charge < -0.3 is 14.7 Å². The van der Waals surface area contributed by atoms with Crippen LogP contribution in [-0.4, -0.2) is 49.5 Å². The SMILES string of the molecule is COCCN(C)C1CC(O)CCC12CCCC2. The van der Waals surface area contributed by atoms with Gasteiger partial charge in [0, 0.05) is 19.7 Å². The second-order valence-electron chi connectivity index (χ2n) is 5.99. The van der Waals surface area contributed by atoms with E-state index in [1.165, 1.54) is 32.1 Å². The summed E-state index contributed by atoms with van der Waals surface area (Å²) in [4.78, 5) is 2.43. The zero-order valence-corrected chi connectivity index (χ0v) is 11.3. The number of hydrogen-bond acceptors (Lipinski definition) is 3. The maximum Gasteiger partial charge on any atom is 0.0589 e. The predicted molar refractivity (Wildman–Crippen MR) is 69.1 cm³/mol. The highest BCUT2D eigenvalue weighted by atomic mass is 16.5. The van der Waals surface area contributed by atoms with Crippen molar-refractivity contribution < 1.29 is 9.84 Å². The van der Waals surface area contributed by atoms with Crippen LogP contribution in [0, 0.1) is 5.41 Å². The molecule has 1 spiro atoms. The molecule has 0 bridgehead atoms. The lowest BCUT2D eigenvalue weighted by molar-refractivity contribution is -0.0228. The lowest BCUT2D eigenvalue weighted by Crippen LogP contribution is -2.50. The lowest BCUT2D eigenvalue weighted by Gasteiger charge is -2.47. The third-order valence-electron chi connectivity index (χ3n) is 4.96. The molecule has 0 aromatic rings. The summed E-state index contributed by atoms with van der Waals surface area (Å²) >= 11 is 0. The van der Waals surface area contributed by atoms with Gasteiger partial charge in [-0.05, 0) is 44.6 Å². The normalized spacial score (nSPS) is 32.5. The van der Waals surface area contributed by atoms with Gasteiger partial charge in [-0.2, -0.15) is 0 Å². The minimum Gasteiger partial charge on any atom is -0.393 e. The number of hydrogen-bond donors (Lipinski definition) is 1. The minimum absolute atomic E-state index is 0.0868. The predicted octanol–water partition coefficient (Wildman–Crippen LogP) is 2.04. The molecule has 2 rings (SSSR count). The molecule has 2 atom stereocenters.